The summed E-state index contributed by atoms with van der Waals surface area (Å²) in [5.74, 6) is 1.04. The van der Waals surface area contributed by atoms with Crippen LogP contribution in [0.4, 0.5) is 0 Å². The first-order valence-electron chi connectivity index (χ1n) is 6.90. The predicted molar refractivity (Wildman–Crippen MR) is 81.8 cm³/mol. The van der Waals surface area contributed by atoms with Crippen LogP contribution in [0.1, 0.15) is 37.8 Å². The maximum atomic E-state index is 11.3. The van der Waals surface area contributed by atoms with E-state index in [4.69, 9.17) is 9.47 Å². The van der Waals surface area contributed by atoms with Crippen molar-refractivity contribution < 1.29 is 19.4 Å². The molecule has 0 radical (unpaired) electrons. The van der Waals surface area contributed by atoms with Gasteiger partial charge in [0.05, 0.1) is 13.7 Å². The van der Waals surface area contributed by atoms with Gasteiger partial charge < -0.3 is 14.6 Å². The van der Waals surface area contributed by atoms with Crippen molar-refractivity contribution >= 4 is 16.7 Å². The Labute approximate surface area is 124 Å². The Bertz CT molecular complexity index is 674. The van der Waals surface area contributed by atoms with Crippen LogP contribution in [0.2, 0.25) is 0 Å². The van der Waals surface area contributed by atoms with Crippen LogP contribution in [-0.2, 0) is 11.4 Å². The summed E-state index contributed by atoms with van der Waals surface area (Å²) >= 11 is 0. The van der Waals surface area contributed by atoms with Crippen molar-refractivity contribution in [2.24, 2.45) is 0 Å². The van der Waals surface area contributed by atoms with E-state index < -0.39 is 0 Å². The van der Waals surface area contributed by atoms with E-state index in [0.29, 0.717) is 23.0 Å². The molecular formula is C17H20O4. The zero-order valence-corrected chi connectivity index (χ0v) is 12.8. The summed E-state index contributed by atoms with van der Waals surface area (Å²) in [6.07, 6.45) is 0. The van der Waals surface area contributed by atoms with Gasteiger partial charge in [0.25, 0.3) is 0 Å². The van der Waals surface area contributed by atoms with Crippen LogP contribution in [0, 0.1) is 0 Å². The maximum absolute atomic E-state index is 11.3. The maximum Gasteiger partial charge on any atom is 0.308 e. The first kappa shape index (κ1) is 15.3. The second-order valence-corrected chi connectivity index (χ2v) is 5.27. The van der Waals surface area contributed by atoms with E-state index in [1.54, 1.807) is 13.2 Å². The fourth-order valence-electron chi connectivity index (χ4n) is 2.47. The average molecular weight is 288 g/mol. The van der Waals surface area contributed by atoms with Gasteiger partial charge in [-0.3, -0.25) is 4.79 Å². The smallest absolute Gasteiger partial charge is 0.308 e. The molecule has 4 heteroatoms. The molecule has 0 heterocycles. The molecule has 2 aromatic carbocycles. The highest BCUT2D eigenvalue weighted by Gasteiger charge is 2.14. The second kappa shape index (κ2) is 6.14. The Morgan fingerprint density at radius 2 is 1.90 bits per heavy atom. The number of carbonyl (C=O) groups is 1. The first-order chi connectivity index (χ1) is 9.97. The van der Waals surface area contributed by atoms with Crippen LogP contribution < -0.4 is 9.47 Å². The van der Waals surface area contributed by atoms with Gasteiger partial charge >= 0.3 is 5.97 Å². The number of aliphatic hydroxyl groups excluding tert-OH is 1. The number of methoxy groups -OCH3 is 1. The molecule has 0 bridgehead atoms. The van der Waals surface area contributed by atoms with Gasteiger partial charge in [-0.2, -0.15) is 0 Å². The summed E-state index contributed by atoms with van der Waals surface area (Å²) in [7, 11) is 1.55. The highest BCUT2D eigenvalue weighted by molar-refractivity contribution is 5.94. The number of aliphatic hydroxyl groups is 1. The number of carbonyl (C=O) groups excluding carboxylic acids is 1. The number of hydrogen-bond donors (Lipinski definition) is 1. The standard InChI is InChI=1S/C17H20O4/c1-10(2)13-5-6-16(21-11(3)19)15-8-17(20-4)12(9-18)7-14(13)15/h5-8,10,18H,9H2,1-4H3. The molecule has 0 fully saturated rings. The lowest BCUT2D eigenvalue weighted by molar-refractivity contribution is -0.131. The molecule has 0 saturated heterocycles. The molecule has 0 aliphatic heterocycles. The zero-order valence-electron chi connectivity index (χ0n) is 12.8. The normalized spacial score (nSPS) is 11.0. The molecule has 2 aromatic rings. The molecule has 4 nitrogen and oxygen atoms in total. The molecule has 0 aliphatic carbocycles. The molecule has 0 aromatic heterocycles. The Morgan fingerprint density at radius 1 is 1.19 bits per heavy atom. The minimum Gasteiger partial charge on any atom is -0.496 e. The third kappa shape index (κ3) is 3.00. The summed E-state index contributed by atoms with van der Waals surface area (Å²) in [5, 5.41) is 11.3. The molecule has 1 N–H and O–H groups in total. The third-order valence-electron chi connectivity index (χ3n) is 3.46. The van der Waals surface area contributed by atoms with Crippen LogP contribution in [0.5, 0.6) is 11.5 Å². The molecule has 0 unspecified atom stereocenters. The van der Waals surface area contributed by atoms with Crippen LogP contribution in [0.3, 0.4) is 0 Å². The molecule has 21 heavy (non-hydrogen) atoms. The minimum atomic E-state index is -0.362. The molecule has 0 saturated carbocycles. The molecule has 2 rings (SSSR count). The number of esters is 1. The van der Waals surface area contributed by atoms with E-state index in [-0.39, 0.29) is 12.6 Å². The monoisotopic (exact) mass is 288 g/mol. The zero-order chi connectivity index (χ0) is 15.6. The van der Waals surface area contributed by atoms with Crippen LogP contribution >= 0.6 is 0 Å². The van der Waals surface area contributed by atoms with E-state index in [9.17, 15) is 9.90 Å². The Hall–Kier alpha value is -2.07. The summed E-state index contributed by atoms with van der Waals surface area (Å²) in [6, 6.07) is 7.47. The Balaban J connectivity index is 2.78. The van der Waals surface area contributed by atoms with Crippen molar-refractivity contribution in [2.75, 3.05) is 7.11 Å². The van der Waals surface area contributed by atoms with Gasteiger partial charge in [-0.1, -0.05) is 19.9 Å². The first-order valence-corrected chi connectivity index (χ1v) is 6.90. The van der Waals surface area contributed by atoms with Crippen molar-refractivity contribution in [2.45, 2.75) is 33.3 Å². The minimum absolute atomic E-state index is 0.103. The summed E-state index contributed by atoms with van der Waals surface area (Å²) in [4.78, 5) is 11.3. The van der Waals surface area contributed by atoms with Gasteiger partial charge in [0.1, 0.15) is 11.5 Å². The number of rotatable bonds is 4. The third-order valence-corrected chi connectivity index (χ3v) is 3.46. The highest BCUT2D eigenvalue weighted by Crippen LogP contribution is 2.36. The number of fused-ring (bicyclic) bond motifs is 1. The topological polar surface area (TPSA) is 55.8 Å². The molecule has 0 atom stereocenters. The predicted octanol–water partition coefficient (Wildman–Crippen LogP) is 3.39. The van der Waals surface area contributed by atoms with Gasteiger partial charge in [-0.05, 0) is 35.1 Å². The average Bonchev–Trinajstić information content (AvgIpc) is 2.45. The fraction of sp³-hybridized carbons (Fsp3) is 0.353. The number of hydrogen-bond acceptors (Lipinski definition) is 4. The van der Waals surface area contributed by atoms with Crippen molar-refractivity contribution in [3.05, 3.63) is 35.4 Å². The van der Waals surface area contributed by atoms with Crippen molar-refractivity contribution in [3.63, 3.8) is 0 Å². The van der Waals surface area contributed by atoms with Crippen LogP contribution in [0.25, 0.3) is 10.8 Å². The van der Waals surface area contributed by atoms with Crippen molar-refractivity contribution in [3.8, 4) is 11.5 Å². The number of ether oxygens (including phenoxy) is 2. The SMILES string of the molecule is COc1cc2c(OC(C)=O)ccc(C(C)C)c2cc1CO. The molecule has 0 spiro atoms. The van der Waals surface area contributed by atoms with Gasteiger partial charge in [0.15, 0.2) is 0 Å². The molecule has 0 aliphatic rings. The van der Waals surface area contributed by atoms with Crippen LogP contribution in [-0.4, -0.2) is 18.2 Å². The second-order valence-electron chi connectivity index (χ2n) is 5.27. The van der Waals surface area contributed by atoms with E-state index in [1.165, 1.54) is 6.92 Å². The molecule has 112 valence electrons. The van der Waals surface area contributed by atoms with E-state index in [0.717, 1.165) is 16.3 Å². The number of benzene rings is 2. The van der Waals surface area contributed by atoms with Gasteiger partial charge in [0.2, 0.25) is 0 Å². The fourth-order valence-corrected chi connectivity index (χ4v) is 2.47. The Kier molecular flexibility index (Phi) is 4.48. The van der Waals surface area contributed by atoms with Gasteiger partial charge in [-0.15, -0.1) is 0 Å². The van der Waals surface area contributed by atoms with E-state index in [2.05, 4.69) is 13.8 Å². The highest BCUT2D eigenvalue weighted by atomic mass is 16.5. The van der Waals surface area contributed by atoms with Crippen molar-refractivity contribution in [1.29, 1.82) is 0 Å². The summed E-state index contributed by atoms with van der Waals surface area (Å²) in [5.41, 5.74) is 1.85. The molecular weight excluding hydrogens is 268 g/mol. The quantitative estimate of drug-likeness (QED) is 0.692. The van der Waals surface area contributed by atoms with Gasteiger partial charge in [-0.25, -0.2) is 0 Å². The van der Waals surface area contributed by atoms with E-state index in [1.807, 2.05) is 18.2 Å². The van der Waals surface area contributed by atoms with Crippen LogP contribution in [0.15, 0.2) is 24.3 Å². The lowest BCUT2D eigenvalue weighted by Crippen LogP contribution is -2.03. The largest absolute Gasteiger partial charge is 0.496 e. The Morgan fingerprint density at radius 3 is 2.43 bits per heavy atom. The lowest BCUT2D eigenvalue weighted by atomic mass is 9.94. The summed E-state index contributed by atoms with van der Waals surface area (Å²) in [6.45, 7) is 5.47. The van der Waals surface area contributed by atoms with E-state index >= 15 is 0 Å². The van der Waals surface area contributed by atoms with Crippen molar-refractivity contribution in [1.82, 2.24) is 0 Å². The lowest BCUT2D eigenvalue weighted by Gasteiger charge is -2.16. The summed E-state index contributed by atoms with van der Waals surface area (Å²) < 4.78 is 10.6. The molecule has 0 amide bonds. The van der Waals surface area contributed by atoms with Gasteiger partial charge in [0, 0.05) is 17.9 Å².